The Morgan fingerprint density at radius 3 is 2.90 bits per heavy atom. The monoisotopic (exact) mass is 331 g/mol. The SMILES string of the molecule is Cn1cnc(CCNc2nccc3c(Br)cccc23)n1. The number of hydrogen-bond acceptors (Lipinski definition) is 4. The van der Waals surface area contributed by atoms with Gasteiger partial charge in [-0.05, 0) is 12.1 Å². The average Bonchev–Trinajstić information content (AvgIpc) is 2.86. The van der Waals surface area contributed by atoms with E-state index in [0.717, 1.165) is 39.9 Å². The van der Waals surface area contributed by atoms with Crippen molar-refractivity contribution in [3.05, 3.63) is 47.1 Å². The molecule has 0 saturated heterocycles. The fraction of sp³-hybridized carbons (Fsp3) is 0.214. The zero-order chi connectivity index (χ0) is 13.9. The van der Waals surface area contributed by atoms with Crippen LogP contribution < -0.4 is 5.32 Å². The summed E-state index contributed by atoms with van der Waals surface area (Å²) in [7, 11) is 1.87. The maximum absolute atomic E-state index is 4.41. The number of aryl methyl sites for hydroxylation is 1. The van der Waals surface area contributed by atoms with Gasteiger partial charge in [-0.25, -0.2) is 9.97 Å². The van der Waals surface area contributed by atoms with Crippen molar-refractivity contribution in [3.63, 3.8) is 0 Å². The third kappa shape index (κ3) is 2.65. The number of halogens is 1. The molecule has 2 aromatic heterocycles. The Balaban J connectivity index is 1.76. The minimum Gasteiger partial charge on any atom is -0.369 e. The summed E-state index contributed by atoms with van der Waals surface area (Å²) in [6.07, 6.45) is 4.30. The summed E-state index contributed by atoms with van der Waals surface area (Å²) in [6.45, 7) is 0.753. The molecule has 1 N–H and O–H groups in total. The Morgan fingerprint density at radius 2 is 2.10 bits per heavy atom. The van der Waals surface area contributed by atoms with Crippen LogP contribution in [0.4, 0.5) is 5.82 Å². The first-order valence-electron chi connectivity index (χ1n) is 6.35. The van der Waals surface area contributed by atoms with Crippen LogP contribution in [0.15, 0.2) is 41.3 Å². The maximum atomic E-state index is 4.41. The first-order chi connectivity index (χ1) is 9.74. The van der Waals surface area contributed by atoms with E-state index >= 15 is 0 Å². The molecule has 0 atom stereocenters. The average molecular weight is 332 g/mol. The van der Waals surface area contributed by atoms with Crippen LogP contribution in [0.2, 0.25) is 0 Å². The number of nitrogens with one attached hydrogen (secondary N) is 1. The molecule has 0 radical (unpaired) electrons. The highest BCUT2D eigenvalue weighted by atomic mass is 79.9. The van der Waals surface area contributed by atoms with Gasteiger partial charge in [-0.1, -0.05) is 28.1 Å². The maximum Gasteiger partial charge on any atom is 0.152 e. The Morgan fingerprint density at radius 1 is 1.20 bits per heavy atom. The number of hydrogen-bond donors (Lipinski definition) is 1. The molecule has 2 heterocycles. The minimum absolute atomic E-state index is 0.753. The van der Waals surface area contributed by atoms with Gasteiger partial charge < -0.3 is 5.32 Å². The molecule has 0 aliphatic heterocycles. The molecule has 1 aromatic carbocycles. The van der Waals surface area contributed by atoms with E-state index in [0.29, 0.717) is 0 Å². The lowest BCUT2D eigenvalue weighted by Gasteiger charge is -2.08. The van der Waals surface area contributed by atoms with E-state index < -0.39 is 0 Å². The summed E-state index contributed by atoms with van der Waals surface area (Å²) in [5.41, 5.74) is 0. The zero-order valence-electron chi connectivity index (χ0n) is 11.0. The van der Waals surface area contributed by atoms with E-state index in [1.54, 1.807) is 11.0 Å². The fourth-order valence-electron chi connectivity index (χ4n) is 2.10. The molecule has 0 amide bonds. The van der Waals surface area contributed by atoms with Gasteiger partial charge in [-0.2, -0.15) is 5.10 Å². The van der Waals surface area contributed by atoms with Crippen molar-refractivity contribution in [2.75, 3.05) is 11.9 Å². The zero-order valence-corrected chi connectivity index (χ0v) is 12.6. The summed E-state index contributed by atoms with van der Waals surface area (Å²) in [4.78, 5) is 8.61. The molecule has 0 spiro atoms. The van der Waals surface area contributed by atoms with Crippen LogP contribution in [-0.4, -0.2) is 26.3 Å². The van der Waals surface area contributed by atoms with Crippen LogP contribution >= 0.6 is 15.9 Å². The molecule has 102 valence electrons. The third-order valence-electron chi connectivity index (χ3n) is 3.04. The molecule has 0 aliphatic carbocycles. The predicted octanol–water partition coefficient (Wildman–Crippen LogP) is 2.78. The molecular weight excluding hydrogens is 318 g/mol. The van der Waals surface area contributed by atoms with Crippen LogP contribution in [-0.2, 0) is 13.5 Å². The van der Waals surface area contributed by atoms with Gasteiger partial charge in [-0.15, -0.1) is 0 Å². The number of aromatic nitrogens is 4. The number of pyridine rings is 1. The second-order valence-electron chi connectivity index (χ2n) is 4.51. The Labute approximate surface area is 125 Å². The number of rotatable bonds is 4. The Kier molecular flexibility index (Phi) is 3.64. The predicted molar refractivity (Wildman–Crippen MR) is 82.6 cm³/mol. The lowest BCUT2D eigenvalue weighted by molar-refractivity contribution is 0.742. The molecule has 0 unspecified atom stereocenters. The van der Waals surface area contributed by atoms with Gasteiger partial charge in [0.25, 0.3) is 0 Å². The first-order valence-corrected chi connectivity index (χ1v) is 7.15. The van der Waals surface area contributed by atoms with Crippen LogP contribution in [0.5, 0.6) is 0 Å². The molecule has 3 rings (SSSR count). The van der Waals surface area contributed by atoms with Crippen molar-refractivity contribution in [1.82, 2.24) is 19.7 Å². The van der Waals surface area contributed by atoms with Gasteiger partial charge in [0.2, 0.25) is 0 Å². The van der Waals surface area contributed by atoms with Gasteiger partial charge in [0.1, 0.15) is 12.1 Å². The summed E-state index contributed by atoms with van der Waals surface area (Å²) in [5.74, 6) is 1.72. The number of nitrogens with zero attached hydrogens (tertiary/aromatic N) is 4. The van der Waals surface area contributed by atoms with E-state index in [1.807, 2.05) is 31.4 Å². The molecular formula is C14H14BrN5. The molecule has 20 heavy (non-hydrogen) atoms. The van der Waals surface area contributed by atoms with Crippen LogP contribution in [0.25, 0.3) is 10.8 Å². The highest BCUT2D eigenvalue weighted by Gasteiger charge is 2.05. The van der Waals surface area contributed by atoms with Crippen LogP contribution in [0, 0.1) is 0 Å². The molecule has 0 aliphatic rings. The molecule has 0 saturated carbocycles. The van der Waals surface area contributed by atoms with Crippen molar-refractivity contribution in [2.24, 2.45) is 7.05 Å². The largest absolute Gasteiger partial charge is 0.369 e. The summed E-state index contributed by atoms with van der Waals surface area (Å²) < 4.78 is 2.79. The second-order valence-corrected chi connectivity index (χ2v) is 5.36. The summed E-state index contributed by atoms with van der Waals surface area (Å²) in [5, 5.41) is 9.87. The van der Waals surface area contributed by atoms with Crippen LogP contribution in [0.1, 0.15) is 5.82 Å². The first kappa shape index (κ1) is 13.1. The molecule has 5 nitrogen and oxygen atoms in total. The van der Waals surface area contributed by atoms with Gasteiger partial charge >= 0.3 is 0 Å². The van der Waals surface area contributed by atoms with Crippen molar-refractivity contribution >= 4 is 32.5 Å². The fourth-order valence-corrected chi connectivity index (χ4v) is 2.60. The normalized spacial score (nSPS) is 10.9. The van der Waals surface area contributed by atoms with Gasteiger partial charge in [0.05, 0.1) is 0 Å². The van der Waals surface area contributed by atoms with Gasteiger partial charge in [0.15, 0.2) is 5.82 Å². The summed E-state index contributed by atoms with van der Waals surface area (Å²) in [6, 6.07) is 8.11. The number of anilines is 1. The van der Waals surface area contributed by atoms with Crippen molar-refractivity contribution in [3.8, 4) is 0 Å². The van der Waals surface area contributed by atoms with E-state index in [1.165, 1.54) is 0 Å². The molecule has 0 fully saturated rings. The lowest BCUT2D eigenvalue weighted by Crippen LogP contribution is -2.08. The van der Waals surface area contributed by atoms with Gasteiger partial charge in [0, 0.05) is 41.5 Å². The van der Waals surface area contributed by atoms with Crippen molar-refractivity contribution in [1.29, 1.82) is 0 Å². The third-order valence-corrected chi connectivity index (χ3v) is 3.73. The second kappa shape index (κ2) is 5.58. The van der Waals surface area contributed by atoms with E-state index in [9.17, 15) is 0 Å². The van der Waals surface area contributed by atoms with E-state index in [4.69, 9.17) is 0 Å². The van der Waals surface area contributed by atoms with Crippen molar-refractivity contribution in [2.45, 2.75) is 6.42 Å². The minimum atomic E-state index is 0.753. The highest BCUT2D eigenvalue weighted by Crippen LogP contribution is 2.27. The van der Waals surface area contributed by atoms with Crippen molar-refractivity contribution < 1.29 is 0 Å². The quantitative estimate of drug-likeness (QED) is 0.798. The standard InChI is InChI=1S/C14H14BrN5/c1-20-9-18-13(19-20)6-8-17-14-11-3-2-4-12(15)10(11)5-7-16-14/h2-5,7,9H,6,8H2,1H3,(H,16,17). The van der Waals surface area contributed by atoms with E-state index in [-0.39, 0.29) is 0 Å². The molecule has 6 heteroatoms. The number of fused-ring (bicyclic) bond motifs is 1. The smallest absolute Gasteiger partial charge is 0.152 e. The van der Waals surface area contributed by atoms with E-state index in [2.05, 4.69) is 42.4 Å². The lowest BCUT2D eigenvalue weighted by atomic mass is 10.1. The number of benzene rings is 1. The highest BCUT2D eigenvalue weighted by molar-refractivity contribution is 9.10. The Bertz CT molecular complexity index is 737. The Hall–Kier alpha value is -1.95. The molecule has 0 bridgehead atoms. The van der Waals surface area contributed by atoms with Crippen LogP contribution in [0.3, 0.4) is 0 Å². The summed E-state index contributed by atoms with van der Waals surface area (Å²) >= 11 is 3.56. The van der Waals surface area contributed by atoms with Gasteiger partial charge in [-0.3, -0.25) is 4.68 Å². The molecule has 3 aromatic rings. The topological polar surface area (TPSA) is 55.6 Å².